The van der Waals surface area contributed by atoms with Crippen molar-refractivity contribution in [2.45, 2.75) is 32.7 Å². The van der Waals surface area contributed by atoms with E-state index in [4.69, 9.17) is 4.74 Å². The zero-order chi connectivity index (χ0) is 10.9. The first kappa shape index (κ1) is 12.0. The first-order valence-corrected chi connectivity index (χ1v) is 5.59. The van der Waals surface area contributed by atoms with E-state index < -0.39 is 0 Å². The molecule has 0 aliphatic carbocycles. The summed E-state index contributed by atoms with van der Waals surface area (Å²) in [6.07, 6.45) is 5.36. The summed E-state index contributed by atoms with van der Waals surface area (Å²) in [4.78, 5) is 4.28. The predicted molar refractivity (Wildman–Crippen MR) is 62.0 cm³/mol. The number of hydrogen-bond acceptors (Lipinski definition) is 3. The summed E-state index contributed by atoms with van der Waals surface area (Å²) in [5, 5.41) is 3.06. The van der Waals surface area contributed by atoms with Crippen LogP contribution in [0.5, 0.6) is 5.75 Å². The van der Waals surface area contributed by atoms with Gasteiger partial charge in [0.15, 0.2) is 0 Å². The average Bonchev–Trinajstić information content (AvgIpc) is 2.27. The molecule has 0 aromatic carbocycles. The Kier molecular flexibility index (Phi) is 5.78. The quantitative estimate of drug-likeness (QED) is 0.698. The Morgan fingerprint density at radius 2 is 2.20 bits per heavy atom. The van der Waals surface area contributed by atoms with Crippen molar-refractivity contribution in [2.75, 3.05) is 13.7 Å². The van der Waals surface area contributed by atoms with E-state index in [-0.39, 0.29) is 0 Å². The molecule has 0 aliphatic rings. The topological polar surface area (TPSA) is 34.1 Å². The molecular weight excluding hydrogens is 188 g/mol. The number of rotatable bonds is 7. The lowest BCUT2D eigenvalue weighted by Crippen LogP contribution is -2.06. The van der Waals surface area contributed by atoms with E-state index in [1.165, 1.54) is 12.8 Å². The lowest BCUT2D eigenvalue weighted by atomic mass is 10.3. The van der Waals surface area contributed by atoms with E-state index in [1.807, 2.05) is 19.2 Å². The number of ether oxygens (including phenoxy) is 1. The summed E-state index contributed by atoms with van der Waals surface area (Å²) in [6, 6.07) is 3.97. The van der Waals surface area contributed by atoms with Crippen molar-refractivity contribution in [3.63, 3.8) is 0 Å². The maximum Gasteiger partial charge on any atom is 0.137 e. The summed E-state index contributed by atoms with van der Waals surface area (Å²) in [5.74, 6) is 0.867. The molecule has 0 unspecified atom stereocenters. The zero-order valence-electron chi connectivity index (χ0n) is 9.62. The van der Waals surface area contributed by atoms with Crippen LogP contribution in [0.3, 0.4) is 0 Å². The number of nitrogens with one attached hydrogen (secondary N) is 1. The summed E-state index contributed by atoms with van der Waals surface area (Å²) in [5.41, 5.74) is 1.04. The first-order chi connectivity index (χ1) is 7.36. The van der Waals surface area contributed by atoms with Gasteiger partial charge in [0, 0.05) is 6.54 Å². The minimum atomic E-state index is 0.793. The van der Waals surface area contributed by atoms with Crippen molar-refractivity contribution in [2.24, 2.45) is 0 Å². The third-order valence-corrected chi connectivity index (χ3v) is 2.17. The molecule has 15 heavy (non-hydrogen) atoms. The number of unbranched alkanes of at least 4 members (excludes halogenated alkanes) is 2. The highest BCUT2D eigenvalue weighted by atomic mass is 16.5. The number of aromatic nitrogens is 1. The molecule has 84 valence electrons. The fourth-order valence-corrected chi connectivity index (χ4v) is 1.32. The van der Waals surface area contributed by atoms with Crippen LogP contribution in [0.2, 0.25) is 0 Å². The van der Waals surface area contributed by atoms with Gasteiger partial charge in [-0.1, -0.05) is 19.8 Å². The van der Waals surface area contributed by atoms with E-state index in [0.717, 1.165) is 31.0 Å². The maximum absolute atomic E-state index is 5.56. The SMILES string of the molecule is CCCCCOc1ccc(CNC)nc1. The molecule has 0 amide bonds. The summed E-state index contributed by atoms with van der Waals surface area (Å²) >= 11 is 0. The highest BCUT2D eigenvalue weighted by molar-refractivity contribution is 5.19. The average molecular weight is 208 g/mol. The van der Waals surface area contributed by atoms with E-state index in [9.17, 15) is 0 Å². The van der Waals surface area contributed by atoms with Crippen LogP contribution in [0, 0.1) is 0 Å². The van der Waals surface area contributed by atoms with Crippen LogP contribution in [0.25, 0.3) is 0 Å². The van der Waals surface area contributed by atoms with Crippen LogP contribution in [-0.4, -0.2) is 18.6 Å². The number of hydrogen-bond donors (Lipinski definition) is 1. The Morgan fingerprint density at radius 3 is 2.80 bits per heavy atom. The highest BCUT2D eigenvalue weighted by Crippen LogP contribution is 2.09. The minimum absolute atomic E-state index is 0.793. The molecule has 0 spiro atoms. The monoisotopic (exact) mass is 208 g/mol. The van der Waals surface area contributed by atoms with Crippen molar-refractivity contribution in [1.82, 2.24) is 10.3 Å². The van der Waals surface area contributed by atoms with Gasteiger partial charge >= 0.3 is 0 Å². The molecular formula is C12H20N2O. The maximum atomic E-state index is 5.56. The van der Waals surface area contributed by atoms with Crippen LogP contribution >= 0.6 is 0 Å². The molecule has 0 aliphatic heterocycles. The molecule has 0 saturated heterocycles. The third-order valence-electron chi connectivity index (χ3n) is 2.17. The van der Waals surface area contributed by atoms with Gasteiger partial charge in [0.25, 0.3) is 0 Å². The van der Waals surface area contributed by atoms with E-state index >= 15 is 0 Å². The first-order valence-electron chi connectivity index (χ1n) is 5.59. The molecule has 0 bridgehead atoms. The van der Waals surface area contributed by atoms with Crippen LogP contribution in [0.15, 0.2) is 18.3 Å². The second-order valence-electron chi connectivity index (χ2n) is 3.57. The molecule has 0 radical (unpaired) electrons. The van der Waals surface area contributed by atoms with Gasteiger partial charge in [-0.15, -0.1) is 0 Å². The Hall–Kier alpha value is -1.09. The lowest BCUT2D eigenvalue weighted by molar-refractivity contribution is 0.305. The fourth-order valence-electron chi connectivity index (χ4n) is 1.32. The number of nitrogens with zero attached hydrogens (tertiary/aromatic N) is 1. The van der Waals surface area contributed by atoms with Crippen LogP contribution in [0.1, 0.15) is 31.9 Å². The van der Waals surface area contributed by atoms with Gasteiger partial charge in [-0.05, 0) is 25.6 Å². The molecule has 3 heteroatoms. The lowest BCUT2D eigenvalue weighted by Gasteiger charge is -2.05. The van der Waals surface area contributed by atoms with Crippen LogP contribution in [0.4, 0.5) is 0 Å². The molecule has 1 aromatic heterocycles. The van der Waals surface area contributed by atoms with Crippen molar-refractivity contribution in [1.29, 1.82) is 0 Å². The molecule has 0 atom stereocenters. The fraction of sp³-hybridized carbons (Fsp3) is 0.583. The van der Waals surface area contributed by atoms with Crippen molar-refractivity contribution in [3.8, 4) is 5.75 Å². The molecule has 0 saturated carbocycles. The third kappa shape index (κ3) is 4.79. The second kappa shape index (κ2) is 7.23. The minimum Gasteiger partial charge on any atom is -0.492 e. The Balaban J connectivity index is 2.29. The largest absolute Gasteiger partial charge is 0.492 e. The molecule has 3 nitrogen and oxygen atoms in total. The Labute approximate surface area is 91.9 Å². The van der Waals surface area contributed by atoms with Crippen molar-refractivity contribution >= 4 is 0 Å². The standard InChI is InChI=1S/C12H20N2O/c1-3-4-5-8-15-12-7-6-11(9-13-2)14-10-12/h6-7,10,13H,3-5,8-9H2,1-2H3. The van der Waals surface area contributed by atoms with E-state index in [2.05, 4.69) is 17.2 Å². The van der Waals surface area contributed by atoms with Crippen molar-refractivity contribution in [3.05, 3.63) is 24.0 Å². The van der Waals surface area contributed by atoms with Gasteiger partial charge in [0.2, 0.25) is 0 Å². The Bertz CT molecular complexity index is 259. The number of pyridine rings is 1. The van der Waals surface area contributed by atoms with Gasteiger partial charge in [-0.25, -0.2) is 0 Å². The molecule has 1 rings (SSSR count). The summed E-state index contributed by atoms with van der Waals surface area (Å²) in [7, 11) is 1.91. The van der Waals surface area contributed by atoms with Gasteiger partial charge in [-0.3, -0.25) is 4.98 Å². The molecule has 0 fully saturated rings. The smallest absolute Gasteiger partial charge is 0.137 e. The summed E-state index contributed by atoms with van der Waals surface area (Å²) < 4.78 is 5.56. The molecule has 1 heterocycles. The Morgan fingerprint density at radius 1 is 1.33 bits per heavy atom. The van der Waals surface area contributed by atoms with E-state index in [1.54, 1.807) is 6.20 Å². The van der Waals surface area contributed by atoms with Gasteiger partial charge in [0.05, 0.1) is 18.5 Å². The normalized spacial score (nSPS) is 10.3. The zero-order valence-corrected chi connectivity index (χ0v) is 9.62. The van der Waals surface area contributed by atoms with E-state index in [0.29, 0.717) is 0 Å². The molecule has 1 aromatic rings. The van der Waals surface area contributed by atoms with Crippen LogP contribution < -0.4 is 10.1 Å². The van der Waals surface area contributed by atoms with Gasteiger partial charge in [0.1, 0.15) is 5.75 Å². The molecule has 1 N–H and O–H groups in total. The van der Waals surface area contributed by atoms with Gasteiger partial charge in [-0.2, -0.15) is 0 Å². The second-order valence-corrected chi connectivity index (χ2v) is 3.57. The van der Waals surface area contributed by atoms with Crippen LogP contribution in [-0.2, 0) is 6.54 Å². The van der Waals surface area contributed by atoms with Crippen molar-refractivity contribution < 1.29 is 4.74 Å². The summed E-state index contributed by atoms with van der Waals surface area (Å²) in [6.45, 7) is 3.78. The van der Waals surface area contributed by atoms with Gasteiger partial charge < -0.3 is 10.1 Å². The predicted octanol–water partition coefficient (Wildman–Crippen LogP) is 2.37. The highest BCUT2D eigenvalue weighted by Gasteiger charge is 1.95.